The number of carboxylic acids is 4. The van der Waals surface area contributed by atoms with Gasteiger partial charge >= 0.3 is 23.9 Å². The van der Waals surface area contributed by atoms with Gasteiger partial charge in [-0.2, -0.15) is 0 Å². The Bertz CT molecular complexity index is 2230. The normalized spacial score (nSPS) is 15.5. The number of aliphatic imine (C=N–C) groups is 1. The SMILES string of the molecule is CC[C@H](C)[C@H](N)C(=O)N[C@@H](CC(=O)O)C(=O)N[C@H](C(=O)NCC(=O)N[C@H](C(=O)N[C@@H](CCC(N)=O)C(=O)N[C@H](C(=O)N[C@@H](CC(=O)O)C(=O)N[C@@H](CCCN=C(N)N)C(=O)N[C@@H](CC(=O)O)C(=O)O)C(C)C)[C@@H](C)CC)[C@@H](C)O. The number of nitrogens with zero attached hydrogens (tertiary/aromatic N) is 1. The highest BCUT2D eigenvalue weighted by atomic mass is 16.4. The lowest BCUT2D eigenvalue weighted by Crippen LogP contribution is -2.61. The monoisotopic (exact) mass is 1130 g/mol. The summed E-state index contributed by atoms with van der Waals surface area (Å²) in [5, 5.41) is 68.2. The highest BCUT2D eigenvalue weighted by Crippen LogP contribution is 2.12. The molecule has 0 heterocycles. The molecule has 446 valence electrons. The zero-order chi connectivity index (χ0) is 61.0. The number of amides is 10. The van der Waals surface area contributed by atoms with Crippen LogP contribution in [-0.2, 0) is 67.1 Å². The quantitative estimate of drug-likeness (QED) is 0.0155. The Balaban J connectivity index is 6.51. The molecule has 0 fully saturated rings. The van der Waals surface area contributed by atoms with Gasteiger partial charge in [0.05, 0.1) is 38.0 Å². The second kappa shape index (κ2) is 35.2. The average molecular weight is 1130 g/mol. The van der Waals surface area contributed by atoms with E-state index in [2.05, 4.69) is 47.5 Å². The van der Waals surface area contributed by atoms with Crippen LogP contribution in [0.3, 0.4) is 0 Å². The number of guanidine groups is 1. The molecule has 33 heteroatoms. The fraction of sp³-hybridized carbons (Fsp3) is 0.674. The maximum absolute atomic E-state index is 14.0. The van der Waals surface area contributed by atoms with Crippen molar-refractivity contribution in [2.24, 2.45) is 45.7 Å². The summed E-state index contributed by atoms with van der Waals surface area (Å²) in [6.07, 6.45) is -5.49. The van der Waals surface area contributed by atoms with Crippen molar-refractivity contribution in [3.63, 3.8) is 0 Å². The molecular weight excluding hydrogens is 1050 g/mol. The van der Waals surface area contributed by atoms with Crippen molar-refractivity contribution in [3.8, 4) is 0 Å². The summed E-state index contributed by atoms with van der Waals surface area (Å²) in [6.45, 7) is 9.50. The van der Waals surface area contributed by atoms with Gasteiger partial charge in [0.15, 0.2) is 5.96 Å². The van der Waals surface area contributed by atoms with E-state index in [-0.39, 0.29) is 37.7 Å². The molecular formula is C46H78N14O19. The number of nitrogens with one attached hydrogen (secondary N) is 9. The number of rotatable bonds is 38. The Morgan fingerprint density at radius 2 is 0.899 bits per heavy atom. The topological polar surface area (TPSA) is 565 Å². The lowest BCUT2D eigenvalue weighted by atomic mass is 9.97. The first-order chi connectivity index (χ1) is 36.7. The summed E-state index contributed by atoms with van der Waals surface area (Å²) in [6, 6.07) is -15.1. The van der Waals surface area contributed by atoms with E-state index in [9.17, 15) is 87.5 Å². The molecule has 79 heavy (non-hydrogen) atoms. The van der Waals surface area contributed by atoms with Crippen LogP contribution >= 0.6 is 0 Å². The standard InChI is InChI=1S/C46H78N14O19/c1-8-20(5)33(48)41(74)55-26(16-31(66)67)40(73)60-36(22(7)61)42(75)52-18-29(63)58-35(21(6)9-2)44(77)54-24(12-13-28(47)62)38(71)59-34(19(3)4)43(76)56-25(15-30(64)65)39(72)53-23(11-10-14-51-46(49)50)37(70)57-27(45(78)79)17-32(68)69/h19-27,33-36,61H,8-18,48H2,1-7H3,(H2,47,62)(H,52,75)(H,53,72)(H,54,77)(H,55,74)(H,56,76)(H,57,70)(H,58,63)(H,59,71)(H,60,73)(H,64,65)(H,66,67)(H,68,69)(H,78,79)(H4,49,50,51)/t20-,21-,22+,23-,24-,25-,26-,27-,33-,34-,35-,36-/m0/s1. The molecule has 10 amide bonds. The summed E-state index contributed by atoms with van der Waals surface area (Å²) >= 11 is 0. The first-order valence-electron chi connectivity index (χ1n) is 25.0. The Labute approximate surface area is 454 Å². The number of primary amides is 1. The van der Waals surface area contributed by atoms with E-state index in [0.29, 0.717) is 6.42 Å². The van der Waals surface area contributed by atoms with E-state index in [1.165, 1.54) is 20.8 Å². The van der Waals surface area contributed by atoms with Crippen molar-refractivity contribution in [1.29, 1.82) is 0 Å². The molecule has 0 bridgehead atoms. The van der Waals surface area contributed by atoms with Gasteiger partial charge in [-0.3, -0.25) is 67.3 Å². The lowest BCUT2D eigenvalue weighted by molar-refractivity contribution is -0.147. The number of aliphatic hydroxyl groups excluding tert-OH is 1. The van der Waals surface area contributed by atoms with Crippen molar-refractivity contribution in [2.75, 3.05) is 13.1 Å². The highest BCUT2D eigenvalue weighted by Gasteiger charge is 2.37. The van der Waals surface area contributed by atoms with Gasteiger partial charge in [0, 0.05) is 13.0 Å². The van der Waals surface area contributed by atoms with Crippen LogP contribution in [0.1, 0.15) is 106 Å². The fourth-order valence-electron chi connectivity index (χ4n) is 6.97. The molecule has 0 unspecified atom stereocenters. The number of carbonyl (C=O) groups is 14. The third kappa shape index (κ3) is 27.1. The van der Waals surface area contributed by atoms with Crippen molar-refractivity contribution in [3.05, 3.63) is 0 Å². The number of nitrogens with two attached hydrogens (primary N) is 4. The third-order valence-electron chi connectivity index (χ3n) is 12.0. The number of hydrogen-bond acceptors (Lipinski definition) is 17. The van der Waals surface area contributed by atoms with Gasteiger partial charge in [-0.1, -0.05) is 54.4 Å². The van der Waals surface area contributed by atoms with Crippen molar-refractivity contribution < 1.29 is 92.7 Å². The summed E-state index contributed by atoms with van der Waals surface area (Å²) in [5.41, 5.74) is 21.9. The van der Waals surface area contributed by atoms with Gasteiger partial charge in [-0.25, -0.2) is 4.79 Å². The van der Waals surface area contributed by atoms with E-state index in [1.54, 1.807) is 20.8 Å². The third-order valence-corrected chi connectivity index (χ3v) is 12.0. The van der Waals surface area contributed by atoms with Crippen LogP contribution in [0.5, 0.6) is 0 Å². The number of aliphatic hydroxyl groups is 1. The van der Waals surface area contributed by atoms with Crippen LogP contribution in [0.25, 0.3) is 0 Å². The second-order valence-corrected chi connectivity index (χ2v) is 18.9. The molecule has 0 aliphatic carbocycles. The maximum Gasteiger partial charge on any atom is 0.326 e. The molecule has 0 aliphatic heterocycles. The summed E-state index contributed by atoms with van der Waals surface area (Å²) in [7, 11) is 0. The molecule has 0 aromatic carbocycles. The van der Waals surface area contributed by atoms with Crippen LogP contribution in [0.15, 0.2) is 4.99 Å². The summed E-state index contributed by atoms with van der Waals surface area (Å²) < 4.78 is 0. The number of aliphatic carboxylic acids is 4. The molecule has 22 N–H and O–H groups in total. The molecule has 0 saturated heterocycles. The van der Waals surface area contributed by atoms with E-state index in [4.69, 9.17) is 28.0 Å². The zero-order valence-corrected chi connectivity index (χ0v) is 45.0. The Kier molecular flexibility index (Phi) is 31.6. The van der Waals surface area contributed by atoms with Crippen LogP contribution < -0.4 is 70.8 Å². The Morgan fingerprint density at radius 1 is 0.481 bits per heavy atom. The predicted octanol–water partition coefficient (Wildman–Crippen LogP) is -6.73. The van der Waals surface area contributed by atoms with Gasteiger partial charge in [0.2, 0.25) is 59.1 Å². The maximum atomic E-state index is 14.0. The van der Waals surface area contributed by atoms with E-state index in [0.717, 1.165) is 6.92 Å². The Hall–Kier alpha value is -8.23. The van der Waals surface area contributed by atoms with E-state index < -0.39 is 194 Å². The molecule has 12 atom stereocenters. The zero-order valence-electron chi connectivity index (χ0n) is 45.0. The van der Waals surface area contributed by atoms with Gasteiger partial charge in [-0.05, 0) is 43.9 Å². The van der Waals surface area contributed by atoms with Gasteiger partial charge in [-0.15, -0.1) is 0 Å². The molecule has 0 aliphatic rings. The average Bonchev–Trinajstić information content (AvgIpc) is 3.35. The second-order valence-electron chi connectivity index (χ2n) is 18.9. The number of hydrogen-bond donors (Lipinski definition) is 18. The van der Waals surface area contributed by atoms with E-state index >= 15 is 0 Å². The summed E-state index contributed by atoms with van der Waals surface area (Å²) in [5.74, 6) is -19.8. The highest BCUT2D eigenvalue weighted by molar-refractivity contribution is 5.99. The predicted molar refractivity (Wildman–Crippen MR) is 275 cm³/mol. The van der Waals surface area contributed by atoms with Crippen LogP contribution in [0.4, 0.5) is 0 Å². The minimum absolute atomic E-state index is 0.0471. The molecule has 0 aromatic rings. The Morgan fingerprint density at radius 3 is 1.37 bits per heavy atom. The van der Waals surface area contributed by atoms with Gasteiger partial charge in [0.25, 0.3) is 0 Å². The van der Waals surface area contributed by atoms with Crippen molar-refractivity contribution in [2.45, 2.75) is 167 Å². The molecule has 0 rings (SSSR count). The van der Waals surface area contributed by atoms with Crippen LogP contribution in [0, 0.1) is 17.8 Å². The first-order valence-corrected chi connectivity index (χ1v) is 25.0. The number of carbonyl (C=O) groups excluding carboxylic acids is 10. The van der Waals surface area contributed by atoms with Gasteiger partial charge < -0.3 is 96.3 Å². The van der Waals surface area contributed by atoms with Crippen LogP contribution in [-0.4, -0.2) is 188 Å². The number of carboxylic acid groups (broad SMARTS) is 4. The van der Waals surface area contributed by atoms with Crippen molar-refractivity contribution in [1.82, 2.24) is 47.9 Å². The smallest absolute Gasteiger partial charge is 0.326 e. The van der Waals surface area contributed by atoms with E-state index in [1.807, 2.05) is 5.32 Å². The molecule has 0 spiro atoms. The molecule has 33 nitrogen and oxygen atoms in total. The summed E-state index contributed by atoms with van der Waals surface area (Å²) in [4.78, 5) is 183. The lowest BCUT2D eigenvalue weighted by Gasteiger charge is -2.29. The van der Waals surface area contributed by atoms with Crippen LogP contribution in [0.2, 0.25) is 0 Å². The molecule has 0 radical (unpaired) electrons. The van der Waals surface area contributed by atoms with Crippen molar-refractivity contribution >= 4 is 88.9 Å². The minimum atomic E-state index is -1.99. The first kappa shape index (κ1) is 70.8. The van der Waals surface area contributed by atoms with Gasteiger partial charge in [0.1, 0.15) is 48.3 Å². The minimum Gasteiger partial charge on any atom is -0.481 e. The largest absolute Gasteiger partial charge is 0.481 e. The fourth-order valence-corrected chi connectivity index (χ4v) is 6.97. The molecule has 0 saturated carbocycles. The molecule has 0 aromatic heterocycles.